The van der Waals surface area contributed by atoms with Gasteiger partial charge in [-0.2, -0.15) is 0 Å². The van der Waals surface area contributed by atoms with E-state index in [0.29, 0.717) is 22.6 Å². The molecule has 0 aliphatic carbocycles. The summed E-state index contributed by atoms with van der Waals surface area (Å²) in [4.78, 5) is 10.2. The monoisotopic (exact) mass is 790 g/mol. The number of aromatic nitrogens is 3. The van der Waals surface area contributed by atoms with Crippen molar-refractivity contribution in [3.05, 3.63) is 167 Å². The molecule has 0 spiro atoms. The summed E-state index contributed by atoms with van der Waals surface area (Å²) >= 11 is 0. The molecule has 0 saturated heterocycles. The fourth-order valence-corrected chi connectivity index (χ4v) is 7.87. The van der Waals surface area contributed by atoms with E-state index < -0.39 is 6.85 Å². The van der Waals surface area contributed by atoms with E-state index >= 15 is 0 Å². The van der Waals surface area contributed by atoms with E-state index in [2.05, 4.69) is 142 Å². The van der Waals surface area contributed by atoms with Crippen LogP contribution >= 0.6 is 0 Å². The van der Waals surface area contributed by atoms with Crippen LogP contribution in [0.15, 0.2) is 140 Å². The third-order valence-corrected chi connectivity index (χ3v) is 11.6. The van der Waals surface area contributed by atoms with E-state index in [1.165, 1.54) is 16.7 Å². The third-order valence-electron chi connectivity index (χ3n) is 11.6. The molecule has 60 heavy (non-hydrogen) atoms. The molecule has 1 N–H and O–H groups in total. The average Bonchev–Trinajstić information content (AvgIpc) is 3.62. The van der Waals surface area contributed by atoms with Crippen molar-refractivity contribution in [2.75, 3.05) is 0 Å². The Labute approximate surface area is 360 Å². The lowest BCUT2D eigenvalue weighted by Crippen LogP contribution is -2.16. The predicted octanol–water partition coefficient (Wildman–Crippen LogP) is 15.0. The number of benzene rings is 6. The Morgan fingerprint density at radius 1 is 0.533 bits per heavy atom. The Hall–Kier alpha value is -6.26. The molecule has 0 amide bonds. The summed E-state index contributed by atoms with van der Waals surface area (Å²) in [5.41, 5.74) is 14.5. The molecule has 8 rings (SSSR count). The molecule has 8 aromatic rings. The van der Waals surface area contributed by atoms with Crippen LogP contribution in [0.3, 0.4) is 0 Å². The number of pyridine rings is 1. The number of hydrogen-bond acceptors (Lipinski definition) is 3. The van der Waals surface area contributed by atoms with Gasteiger partial charge in [0.2, 0.25) is 0 Å². The summed E-state index contributed by atoms with van der Waals surface area (Å²) in [5.74, 6) is 0.492. The molecule has 0 atom stereocenters. The summed E-state index contributed by atoms with van der Waals surface area (Å²) in [6.45, 7) is 19.5. The highest BCUT2D eigenvalue weighted by Gasteiger charge is 2.24. The summed E-state index contributed by atoms with van der Waals surface area (Å²) < 4.78 is 28.8. The van der Waals surface area contributed by atoms with Crippen LogP contribution in [0, 0.1) is 13.8 Å². The molecule has 6 aromatic carbocycles. The number of phenolic OH excluding ortho intramolecular Hbond substituents is 1. The number of aryl methyl sites for hydroxylation is 2. The van der Waals surface area contributed by atoms with E-state index in [0.717, 1.165) is 55.7 Å². The maximum absolute atomic E-state index is 11.4. The zero-order valence-corrected chi connectivity index (χ0v) is 36.6. The van der Waals surface area contributed by atoms with Gasteiger partial charge in [0, 0.05) is 21.4 Å². The standard InChI is InChI=1S/C56H57N3O/c1-35-19-21-37(22-20-35)39-25-26-57-48(33-39)42-28-41(31-43(32-42)54(3,4)5)46-16-14-17-50-52(46)58-53(47-15-12-13-18-51(47)60)59(50)49-24-23-38(27-36(49)2)40-29-44(55(6,7)8)34-45(30-40)56(9,10)11/h12-34,60H,1-11H3/i2D3. The first-order valence-electron chi connectivity index (χ1n) is 22.4. The fourth-order valence-electron chi connectivity index (χ4n) is 7.87. The highest BCUT2D eigenvalue weighted by molar-refractivity contribution is 5.97. The van der Waals surface area contributed by atoms with Crippen LogP contribution < -0.4 is 0 Å². The average molecular weight is 791 g/mol. The molecule has 0 aliphatic heterocycles. The minimum Gasteiger partial charge on any atom is -0.507 e. The smallest absolute Gasteiger partial charge is 0.149 e. The molecule has 0 aliphatic rings. The van der Waals surface area contributed by atoms with Gasteiger partial charge in [0.15, 0.2) is 0 Å². The third kappa shape index (κ3) is 7.91. The van der Waals surface area contributed by atoms with Gasteiger partial charge in [-0.1, -0.05) is 147 Å². The molecule has 0 bridgehead atoms. The number of fused-ring (bicyclic) bond motifs is 1. The summed E-state index contributed by atoms with van der Waals surface area (Å²) in [5, 5.41) is 11.4. The maximum atomic E-state index is 11.4. The second-order valence-corrected chi connectivity index (χ2v) is 19.3. The topological polar surface area (TPSA) is 50.9 Å². The van der Waals surface area contributed by atoms with E-state index in [1.807, 2.05) is 59.3 Å². The van der Waals surface area contributed by atoms with Crippen molar-refractivity contribution in [3.63, 3.8) is 0 Å². The first-order chi connectivity index (χ1) is 29.6. The molecule has 0 fully saturated rings. The zero-order valence-electron chi connectivity index (χ0n) is 39.6. The van der Waals surface area contributed by atoms with Crippen LogP contribution in [0.25, 0.3) is 72.7 Å². The lowest BCUT2D eigenvalue weighted by atomic mass is 9.79. The maximum Gasteiger partial charge on any atom is 0.149 e. The van der Waals surface area contributed by atoms with Crippen LogP contribution in [0.4, 0.5) is 0 Å². The number of imidazole rings is 1. The minimum absolute atomic E-state index is 0.0490. The van der Waals surface area contributed by atoms with E-state index in [-0.39, 0.29) is 27.6 Å². The summed E-state index contributed by atoms with van der Waals surface area (Å²) in [7, 11) is 0. The number of phenols is 1. The number of nitrogens with zero attached hydrogens (tertiary/aromatic N) is 3. The first-order valence-corrected chi connectivity index (χ1v) is 20.9. The molecule has 4 heteroatoms. The largest absolute Gasteiger partial charge is 0.507 e. The van der Waals surface area contributed by atoms with Crippen LogP contribution in [0.5, 0.6) is 5.75 Å². The molecular weight excluding hydrogens is 731 g/mol. The van der Waals surface area contributed by atoms with Crippen molar-refractivity contribution in [3.8, 4) is 67.5 Å². The quantitative estimate of drug-likeness (QED) is 0.182. The number of para-hydroxylation sites is 2. The van der Waals surface area contributed by atoms with Crippen molar-refractivity contribution in [2.24, 2.45) is 0 Å². The van der Waals surface area contributed by atoms with Crippen molar-refractivity contribution < 1.29 is 9.22 Å². The van der Waals surface area contributed by atoms with Gasteiger partial charge in [-0.15, -0.1) is 0 Å². The molecule has 0 radical (unpaired) electrons. The van der Waals surface area contributed by atoms with Crippen LogP contribution in [0.1, 0.15) is 94.2 Å². The molecule has 4 nitrogen and oxygen atoms in total. The Morgan fingerprint density at radius 2 is 1.13 bits per heavy atom. The Morgan fingerprint density at radius 3 is 1.80 bits per heavy atom. The van der Waals surface area contributed by atoms with Crippen molar-refractivity contribution >= 4 is 11.0 Å². The number of rotatable bonds is 6. The van der Waals surface area contributed by atoms with E-state index in [4.69, 9.17) is 14.1 Å². The lowest BCUT2D eigenvalue weighted by molar-refractivity contribution is 0.477. The van der Waals surface area contributed by atoms with Crippen molar-refractivity contribution in [1.82, 2.24) is 14.5 Å². The molecule has 2 heterocycles. The number of hydrogen-bond donors (Lipinski definition) is 1. The second-order valence-electron chi connectivity index (χ2n) is 19.3. The summed E-state index contributed by atoms with van der Waals surface area (Å²) in [6.07, 6.45) is 1.87. The molecule has 2 aromatic heterocycles. The van der Waals surface area contributed by atoms with E-state index in [9.17, 15) is 5.11 Å². The van der Waals surface area contributed by atoms with Crippen LogP contribution in [-0.2, 0) is 16.2 Å². The van der Waals surface area contributed by atoms with Crippen LogP contribution in [0.2, 0.25) is 0 Å². The highest BCUT2D eigenvalue weighted by atomic mass is 16.3. The van der Waals surface area contributed by atoms with Crippen molar-refractivity contribution in [2.45, 2.75) is 92.3 Å². The predicted molar refractivity (Wildman–Crippen MR) is 253 cm³/mol. The highest BCUT2D eigenvalue weighted by Crippen LogP contribution is 2.41. The van der Waals surface area contributed by atoms with Crippen LogP contribution in [-0.4, -0.2) is 19.6 Å². The summed E-state index contributed by atoms with van der Waals surface area (Å²) in [6, 6.07) is 44.9. The SMILES string of the molecule is [2H]C([2H])([2H])c1cc(-c2cc(C(C)(C)C)cc(C(C)(C)C)c2)ccc1-n1c(-c2ccccc2O)nc2c(-c3cc(-c4cc(-c5ccc(C)cc5)ccn4)cc(C(C)(C)C)c3)cccc21. The van der Waals surface area contributed by atoms with Gasteiger partial charge in [0.05, 0.1) is 28.0 Å². The van der Waals surface area contributed by atoms with Crippen molar-refractivity contribution in [1.29, 1.82) is 0 Å². The van der Waals surface area contributed by atoms with Gasteiger partial charge in [0.1, 0.15) is 11.6 Å². The molecular formula is C56H57N3O. The lowest BCUT2D eigenvalue weighted by Gasteiger charge is -2.26. The molecule has 0 unspecified atom stereocenters. The zero-order chi connectivity index (χ0) is 45.2. The van der Waals surface area contributed by atoms with Gasteiger partial charge < -0.3 is 5.11 Å². The van der Waals surface area contributed by atoms with Gasteiger partial charge in [0.25, 0.3) is 0 Å². The van der Waals surface area contributed by atoms with Gasteiger partial charge in [-0.05, 0) is 135 Å². The fraction of sp³-hybridized carbons (Fsp3) is 0.250. The molecule has 302 valence electrons. The Kier molecular flexibility index (Phi) is 9.25. The normalized spacial score (nSPS) is 13.3. The Bertz CT molecular complexity index is 2980. The second kappa shape index (κ2) is 15.1. The first kappa shape index (κ1) is 36.8. The molecule has 0 saturated carbocycles. The van der Waals surface area contributed by atoms with Gasteiger partial charge >= 0.3 is 0 Å². The van der Waals surface area contributed by atoms with Gasteiger partial charge in [-0.25, -0.2) is 4.98 Å². The minimum atomic E-state index is -2.49. The Balaban J connectivity index is 1.37. The van der Waals surface area contributed by atoms with E-state index in [1.54, 1.807) is 12.1 Å². The van der Waals surface area contributed by atoms with Gasteiger partial charge in [-0.3, -0.25) is 9.55 Å². The number of aromatic hydroxyl groups is 1.